The van der Waals surface area contributed by atoms with Gasteiger partial charge in [-0.25, -0.2) is 15.6 Å². The molecule has 1 atom stereocenters. The van der Waals surface area contributed by atoms with Crippen molar-refractivity contribution in [3.63, 3.8) is 0 Å². The van der Waals surface area contributed by atoms with Crippen LogP contribution in [0.4, 0.5) is 0 Å². The third kappa shape index (κ3) is 1.10. The molecule has 0 saturated heterocycles. The number of hydrogen-bond acceptors (Lipinski definition) is 5. The summed E-state index contributed by atoms with van der Waals surface area (Å²) < 4.78 is 5.03. The van der Waals surface area contributed by atoms with Gasteiger partial charge in [-0.2, -0.15) is 0 Å². The molecule has 1 amide bonds. The number of nitrogens with two attached hydrogens (primary N) is 1. The Bertz CT molecular complexity index is 520. The normalized spacial score (nSPS) is 31.6. The second kappa shape index (κ2) is 3.04. The number of esters is 1. The zero-order chi connectivity index (χ0) is 12.2. The number of ether oxygens (including phenoxy) is 1. The number of rotatable bonds is 0. The monoisotopic (exact) mass is 234 g/mol. The zero-order valence-corrected chi connectivity index (χ0v) is 8.93. The van der Waals surface area contributed by atoms with Gasteiger partial charge in [0.2, 0.25) is 5.60 Å². The molecule has 0 bridgehead atoms. The molecule has 3 aliphatic rings. The van der Waals surface area contributed by atoms with Crippen molar-refractivity contribution in [2.75, 3.05) is 0 Å². The van der Waals surface area contributed by atoms with Crippen LogP contribution in [-0.2, 0) is 19.1 Å². The highest BCUT2D eigenvalue weighted by Crippen LogP contribution is 2.43. The average Bonchev–Trinajstić information content (AvgIpc) is 2.77. The van der Waals surface area contributed by atoms with Crippen LogP contribution in [0.2, 0.25) is 0 Å². The van der Waals surface area contributed by atoms with Crippen LogP contribution < -0.4 is 5.84 Å². The lowest BCUT2D eigenvalue weighted by Crippen LogP contribution is -2.45. The van der Waals surface area contributed by atoms with Crippen LogP contribution in [0.5, 0.6) is 0 Å². The van der Waals surface area contributed by atoms with Gasteiger partial charge in [0.25, 0.3) is 5.91 Å². The van der Waals surface area contributed by atoms with Gasteiger partial charge in [-0.05, 0) is 18.9 Å². The number of ketones is 1. The van der Waals surface area contributed by atoms with Crippen LogP contribution in [-0.4, -0.2) is 28.3 Å². The van der Waals surface area contributed by atoms with E-state index in [2.05, 4.69) is 0 Å². The number of hydrazine groups is 1. The predicted octanol–water partition coefficient (Wildman–Crippen LogP) is -0.439. The third-order valence-corrected chi connectivity index (χ3v) is 3.30. The maximum Gasteiger partial charge on any atom is 0.332 e. The Morgan fingerprint density at radius 1 is 1.29 bits per heavy atom. The van der Waals surface area contributed by atoms with Crippen LogP contribution in [0.1, 0.15) is 19.3 Å². The van der Waals surface area contributed by atoms with Crippen LogP contribution in [0.3, 0.4) is 0 Å². The maximum absolute atomic E-state index is 12.1. The molecule has 0 aromatic heterocycles. The smallest absolute Gasteiger partial charge is 0.332 e. The SMILES string of the molecule is NN1C(=O)C2(C=CC(=O)O2)C2=C1CCCC2=O. The van der Waals surface area contributed by atoms with Gasteiger partial charge in [-0.3, -0.25) is 9.59 Å². The molecule has 0 fully saturated rings. The highest BCUT2D eigenvalue weighted by Gasteiger charge is 2.58. The van der Waals surface area contributed by atoms with E-state index in [0.29, 0.717) is 25.0 Å². The summed E-state index contributed by atoms with van der Waals surface area (Å²) in [7, 11) is 0. The van der Waals surface area contributed by atoms with Crippen molar-refractivity contribution < 1.29 is 19.1 Å². The van der Waals surface area contributed by atoms with Crippen LogP contribution in [0.25, 0.3) is 0 Å². The van der Waals surface area contributed by atoms with Gasteiger partial charge >= 0.3 is 5.97 Å². The Morgan fingerprint density at radius 3 is 2.71 bits per heavy atom. The molecule has 3 rings (SSSR count). The largest absolute Gasteiger partial charge is 0.436 e. The fraction of sp³-hybridized carbons (Fsp3) is 0.364. The van der Waals surface area contributed by atoms with Crippen molar-refractivity contribution in [2.45, 2.75) is 24.9 Å². The van der Waals surface area contributed by atoms with Gasteiger partial charge in [-0.15, -0.1) is 0 Å². The minimum Gasteiger partial charge on any atom is -0.436 e. The maximum atomic E-state index is 12.1. The van der Waals surface area contributed by atoms with E-state index in [1.807, 2.05) is 0 Å². The van der Waals surface area contributed by atoms with Crippen molar-refractivity contribution in [1.82, 2.24) is 5.01 Å². The predicted molar refractivity (Wildman–Crippen MR) is 54.9 cm³/mol. The number of allylic oxidation sites excluding steroid dienone is 1. The Kier molecular flexibility index (Phi) is 1.83. The molecule has 0 aromatic rings. The van der Waals surface area contributed by atoms with Crippen LogP contribution in [0, 0.1) is 0 Å². The number of fused-ring (bicyclic) bond motifs is 1. The van der Waals surface area contributed by atoms with E-state index in [9.17, 15) is 14.4 Å². The van der Waals surface area contributed by atoms with Crippen molar-refractivity contribution in [3.8, 4) is 0 Å². The molecule has 0 radical (unpaired) electrons. The molecular formula is C11H10N2O4. The van der Waals surface area contributed by atoms with Gasteiger partial charge in [0.05, 0.1) is 5.57 Å². The standard InChI is InChI=1S/C11H10N2O4/c12-13-6-2-1-3-7(14)9(6)11(10(13)16)5-4-8(15)17-11/h4-5H,1-3,12H2. The molecule has 6 nitrogen and oxygen atoms in total. The second-order valence-electron chi connectivity index (χ2n) is 4.26. The van der Waals surface area contributed by atoms with Gasteiger partial charge in [-0.1, -0.05) is 0 Å². The van der Waals surface area contributed by atoms with Gasteiger partial charge in [0.15, 0.2) is 5.78 Å². The van der Waals surface area contributed by atoms with E-state index in [1.165, 1.54) is 6.08 Å². The molecule has 1 aliphatic carbocycles. The Balaban J connectivity index is 2.19. The lowest BCUT2D eigenvalue weighted by Gasteiger charge is -2.22. The van der Waals surface area contributed by atoms with E-state index >= 15 is 0 Å². The zero-order valence-electron chi connectivity index (χ0n) is 8.93. The first-order valence-corrected chi connectivity index (χ1v) is 5.34. The minimum atomic E-state index is -1.58. The van der Waals surface area contributed by atoms with Crippen molar-refractivity contribution >= 4 is 17.7 Å². The number of carbonyl (C=O) groups is 3. The summed E-state index contributed by atoms with van der Waals surface area (Å²) in [5.41, 5.74) is -0.873. The van der Waals surface area contributed by atoms with Crippen LogP contribution in [0.15, 0.2) is 23.4 Å². The number of hydrogen-bond donors (Lipinski definition) is 1. The molecule has 6 heteroatoms. The molecule has 2 aliphatic heterocycles. The van der Waals surface area contributed by atoms with E-state index in [-0.39, 0.29) is 11.4 Å². The number of amides is 1. The summed E-state index contributed by atoms with van der Waals surface area (Å²) in [5.74, 6) is 4.27. The summed E-state index contributed by atoms with van der Waals surface area (Å²) in [4.78, 5) is 35.2. The first-order chi connectivity index (χ1) is 8.06. The molecule has 88 valence electrons. The number of carbonyl (C=O) groups excluding carboxylic acids is 3. The molecule has 0 aromatic carbocycles. The lowest BCUT2D eigenvalue weighted by molar-refractivity contribution is -0.155. The molecule has 2 N–H and O–H groups in total. The summed E-state index contributed by atoms with van der Waals surface area (Å²) in [6.07, 6.45) is 4.04. The summed E-state index contributed by atoms with van der Waals surface area (Å²) in [5, 5.41) is 0.940. The first-order valence-electron chi connectivity index (χ1n) is 5.34. The van der Waals surface area contributed by atoms with Gasteiger partial charge < -0.3 is 4.74 Å². The number of nitrogens with zero attached hydrogens (tertiary/aromatic N) is 1. The Morgan fingerprint density at radius 2 is 2.06 bits per heavy atom. The van der Waals surface area contributed by atoms with Crippen molar-refractivity contribution in [2.24, 2.45) is 5.84 Å². The molecule has 0 saturated carbocycles. The summed E-state index contributed by atoms with van der Waals surface area (Å²) >= 11 is 0. The van der Waals surface area contributed by atoms with Gasteiger partial charge in [0, 0.05) is 18.2 Å². The quantitative estimate of drug-likeness (QED) is 0.348. The highest BCUT2D eigenvalue weighted by atomic mass is 16.6. The first kappa shape index (κ1) is 10.2. The van der Waals surface area contributed by atoms with Crippen LogP contribution >= 0.6 is 0 Å². The summed E-state index contributed by atoms with van der Waals surface area (Å²) in [6, 6.07) is 0. The van der Waals surface area contributed by atoms with E-state index in [1.54, 1.807) is 0 Å². The average molecular weight is 234 g/mol. The fourth-order valence-corrected chi connectivity index (χ4v) is 2.56. The van der Waals surface area contributed by atoms with Gasteiger partial charge in [0.1, 0.15) is 0 Å². The Hall–Kier alpha value is -1.95. The third-order valence-electron chi connectivity index (χ3n) is 3.30. The van der Waals surface area contributed by atoms with Crippen molar-refractivity contribution in [3.05, 3.63) is 23.4 Å². The molecule has 1 spiro atoms. The fourth-order valence-electron chi connectivity index (χ4n) is 2.56. The van der Waals surface area contributed by atoms with Crippen molar-refractivity contribution in [1.29, 1.82) is 0 Å². The highest BCUT2D eigenvalue weighted by molar-refractivity contribution is 6.14. The topological polar surface area (TPSA) is 89.7 Å². The molecular weight excluding hydrogens is 224 g/mol. The molecule has 2 heterocycles. The molecule has 17 heavy (non-hydrogen) atoms. The molecule has 1 unspecified atom stereocenters. The number of Topliss-reactive ketones (excluding diaryl/α,β-unsaturated/α-hetero) is 1. The minimum absolute atomic E-state index is 0.174. The Labute approximate surface area is 96.7 Å². The van der Waals surface area contributed by atoms with E-state index in [4.69, 9.17) is 10.6 Å². The lowest BCUT2D eigenvalue weighted by atomic mass is 9.85. The van der Waals surface area contributed by atoms with E-state index in [0.717, 1.165) is 11.1 Å². The second-order valence-corrected chi connectivity index (χ2v) is 4.26. The summed E-state index contributed by atoms with van der Waals surface area (Å²) in [6.45, 7) is 0. The van der Waals surface area contributed by atoms with E-state index < -0.39 is 17.5 Å².